The zero-order valence-corrected chi connectivity index (χ0v) is 18.7. The second-order valence-corrected chi connectivity index (χ2v) is 8.47. The molecule has 1 N–H and O–H groups in total. The van der Waals surface area contributed by atoms with Crippen LogP contribution in [0.2, 0.25) is 0 Å². The van der Waals surface area contributed by atoms with E-state index in [0.29, 0.717) is 24.3 Å². The third-order valence-electron chi connectivity index (χ3n) is 4.66. The largest absolute Gasteiger partial charge is 0.377 e. The Morgan fingerprint density at radius 3 is 2.30 bits per heavy atom. The van der Waals surface area contributed by atoms with Crippen LogP contribution in [0.3, 0.4) is 0 Å². The molecule has 0 aliphatic carbocycles. The van der Waals surface area contributed by atoms with E-state index in [0.717, 1.165) is 11.3 Å². The molecule has 6 heteroatoms. The summed E-state index contributed by atoms with van der Waals surface area (Å²) in [6.07, 6.45) is 0. The molecule has 0 aliphatic heterocycles. The molecule has 162 valence electrons. The Morgan fingerprint density at radius 2 is 1.73 bits per heavy atom. The maximum Gasteiger partial charge on any atom is 0.254 e. The van der Waals surface area contributed by atoms with E-state index in [4.69, 9.17) is 0 Å². The van der Waals surface area contributed by atoms with Gasteiger partial charge in [0.2, 0.25) is 5.91 Å². The smallest absolute Gasteiger partial charge is 0.254 e. The number of hydrogen-bond donors (Lipinski definition) is 1. The Hall–Kier alpha value is -2.89. The molecule has 0 aromatic heterocycles. The summed E-state index contributed by atoms with van der Waals surface area (Å²) < 4.78 is 13.7. The molecule has 0 saturated carbocycles. The van der Waals surface area contributed by atoms with E-state index in [-0.39, 0.29) is 23.7 Å². The van der Waals surface area contributed by atoms with Crippen molar-refractivity contribution in [2.24, 2.45) is 11.8 Å². The van der Waals surface area contributed by atoms with Gasteiger partial charge in [-0.15, -0.1) is 0 Å². The lowest BCUT2D eigenvalue weighted by atomic mass is 10.1. The number of rotatable bonds is 8. The number of amides is 2. The van der Waals surface area contributed by atoms with Gasteiger partial charge in [-0.2, -0.15) is 0 Å². The van der Waals surface area contributed by atoms with Crippen LogP contribution in [-0.4, -0.2) is 37.4 Å². The van der Waals surface area contributed by atoms with Gasteiger partial charge in [0.15, 0.2) is 0 Å². The first-order valence-corrected chi connectivity index (χ1v) is 10.2. The van der Waals surface area contributed by atoms with Gasteiger partial charge in [-0.1, -0.05) is 33.8 Å². The summed E-state index contributed by atoms with van der Waals surface area (Å²) in [6.45, 7) is 8.64. The van der Waals surface area contributed by atoms with Crippen molar-refractivity contribution in [1.29, 1.82) is 0 Å². The number of hydrogen-bond acceptors (Lipinski definition) is 3. The maximum absolute atomic E-state index is 13.7. The summed E-state index contributed by atoms with van der Waals surface area (Å²) in [6, 6.07) is 11.5. The quantitative estimate of drug-likeness (QED) is 0.677. The minimum atomic E-state index is -0.433. The second-order valence-electron chi connectivity index (χ2n) is 8.47. The molecule has 0 fully saturated rings. The molecule has 30 heavy (non-hydrogen) atoms. The van der Waals surface area contributed by atoms with Crippen LogP contribution < -0.4 is 10.2 Å². The fourth-order valence-electron chi connectivity index (χ4n) is 3.18. The molecule has 0 unspecified atom stereocenters. The molecule has 0 heterocycles. The predicted molar refractivity (Wildman–Crippen MR) is 120 cm³/mol. The summed E-state index contributed by atoms with van der Waals surface area (Å²) >= 11 is 0. The van der Waals surface area contributed by atoms with Crippen LogP contribution in [0.4, 0.5) is 15.8 Å². The first kappa shape index (κ1) is 23.4. The van der Waals surface area contributed by atoms with Crippen molar-refractivity contribution in [1.82, 2.24) is 4.90 Å². The molecule has 2 aromatic carbocycles. The van der Waals surface area contributed by atoms with E-state index in [1.165, 1.54) is 12.1 Å². The van der Waals surface area contributed by atoms with Gasteiger partial charge in [0, 0.05) is 50.0 Å². The summed E-state index contributed by atoms with van der Waals surface area (Å²) in [5.41, 5.74) is 2.88. The van der Waals surface area contributed by atoms with Gasteiger partial charge in [0.25, 0.3) is 5.91 Å². The van der Waals surface area contributed by atoms with E-state index >= 15 is 0 Å². The zero-order valence-electron chi connectivity index (χ0n) is 18.7. The molecule has 0 spiro atoms. The average Bonchev–Trinajstić information content (AvgIpc) is 2.66. The van der Waals surface area contributed by atoms with Crippen molar-refractivity contribution in [3.8, 4) is 0 Å². The lowest BCUT2D eigenvalue weighted by Gasteiger charge is -2.28. The standard InChI is InChI=1S/C24H32FN3O2/c1-16(2)14-28(24(30)18-8-7-9-20(25)12-18)15-19-13-21(26-23(29)17(3)4)10-11-22(19)27(5)6/h7-13,16-17H,14-15H2,1-6H3,(H,26,29). The topological polar surface area (TPSA) is 52.7 Å². The van der Waals surface area contributed by atoms with Gasteiger partial charge in [0.05, 0.1) is 0 Å². The van der Waals surface area contributed by atoms with Crippen LogP contribution in [0.25, 0.3) is 0 Å². The van der Waals surface area contributed by atoms with Gasteiger partial charge in [-0.25, -0.2) is 4.39 Å². The molecule has 2 rings (SSSR count). The van der Waals surface area contributed by atoms with Crippen LogP contribution in [-0.2, 0) is 11.3 Å². The highest BCUT2D eigenvalue weighted by Gasteiger charge is 2.20. The third-order valence-corrected chi connectivity index (χ3v) is 4.66. The predicted octanol–water partition coefficient (Wildman–Crippen LogP) is 4.78. The van der Waals surface area contributed by atoms with Crippen LogP contribution in [0, 0.1) is 17.7 Å². The lowest BCUT2D eigenvalue weighted by molar-refractivity contribution is -0.118. The number of halogens is 1. The van der Waals surface area contributed by atoms with Crippen molar-refractivity contribution >= 4 is 23.2 Å². The van der Waals surface area contributed by atoms with E-state index in [1.54, 1.807) is 17.0 Å². The average molecular weight is 414 g/mol. The molecule has 0 aliphatic rings. The molecule has 0 atom stereocenters. The van der Waals surface area contributed by atoms with E-state index in [2.05, 4.69) is 5.32 Å². The normalized spacial score (nSPS) is 11.0. The van der Waals surface area contributed by atoms with E-state index in [1.807, 2.05) is 64.9 Å². The van der Waals surface area contributed by atoms with Gasteiger partial charge in [-0.05, 0) is 47.9 Å². The van der Waals surface area contributed by atoms with Crippen molar-refractivity contribution in [3.05, 3.63) is 59.4 Å². The number of nitrogens with zero attached hydrogens (tertiary/aromatic N) is 2. The van der Waals surface area contributed by atoms with Gasteiger partial charge in [-0.3, -0.25) is 9.59 Å². The molecule has 0 saturated heterocycles. The molecule has 0 bridgehead atoms. The number of carbonyl (C=O) groups excluding carboxylic acids is 2. The molecular weight excluding hydrogens is 381 g/mol. The molecule has 5 nitrogen and oxygen atoms in total. The SMILES string of the molecule is CC(C)CN(Cc1cc(NC(=O)C(C)C)ccc1N(C)C)C(=O)c1cccc(F)c1. The number of benzene rings is 2. The number of anilines is 2. The minimum Gasteiger partial charge on any atom is -0.377 e. The molecule has 2 amide bonds. The lowest BCUT2D eigenvalue weighted by Crippen LogP contribution is -2.34. The Balaban J connectivity index is 2.39. The maximum atomic E-state index is 13.7. The Morgan fingerprint density at radius 1 is 1.03 bits per heavy atom. The molecule has 0 radical (unpaired) electrons. The van der Waals surface area contributed by atoms with Gasteiger partial charge >= 0.3 is 0 Å². The Bertz CT molecular complexity index is 894. The molecule has 2 aromatic rings. The summed E-state index contributed by atoms with van der Waals surface area (Å²) in [5.74, 6) is -0.598. The minimum absolute atomic E-state index is 0.0616. The van der Waals surface area contributed by atoms with Crippen molar-refractivity contribution in [2.75, 3.05) is 30.9 Å². The van der Waals surface area contributed by atoms with Crippen molar-refractivity contribution < 1.29 is 14.0 Å². The number of carbonyl (C=O) groups is 2. The fourth-order valence-corrected chi connectivity index (χ4v) is 3.18. The third kappa shape index (κ3) is 6.31. The van der Waals surface area contributed by atoms with Gasteiger partial charge in [0.1, 0.15) is 5.82 Å². The van der Waals surface area contributed by atoms with Crippen LogP contribution in [0.15, 0.2) is 42.5 Å². The second kappa shape index (κ2) is 10.2. The van der Waals surface area contributed by atoms with Crippen LogP contribution in [0.1, 0.15) is 43.6 Å². The van der Waals surface area contributed by atoms with Crippen molar-refractivity contribution in [2.45, 2.75) is 34.2 Å². The van der Waals surface area contributed by atoms with E-state index in [9.17, 15) is 14.0 Å². The van der Waals surface area contributed by atoms with Crippen LogP contribution >= 0.6 is 0 Å². The Kier molecular flexibility index (Phi) is 7.98. The summed E-state index contributed by atoms with van der Waals surface area (Å²) in [7, 11) is 3.87. The van der Waals surface area contributed by atoms with Crippen LogP contribution in [0.5, 0.6) is 0 Å². The summed E-state index contributed by atoms with van der Waals surface area (Å²) in [5, 5.41) is 2.92. The highest BCUT2D eigenvalue weighted by Crippen LogP contribution is 2.26. The zero-order chi connectivity index (χ0) is 22.4. The van der Waals surface area contributed by atoms with E-state index < -0.39 is 5.82 Å². The summed E-state index contributed by atoms with van der Waals surface area (Å²) in [4.78, 5) is 29.0. The first-order valence-electron chi connectivity index (χ1n) is 10.2. The monoisotopic (exact) mass is 413 g/mol. The number of nitrogens with one attached hydrogen (secondary N) is 1. The Labute approximate surface area is 178 Å². The van der Waals surface area contributed by atoms with Crippen molar-refractivity contribution in [3.63, 3.8) is 0 Å². The fraction of sp³-hybridized carbons (Fsp3) is 0.417. The first-order chi connectivity index (χ1) is 14.1. The highest BCUT2D eigenvalue weighted by molar-refractivity contribution is 5.94. The highest BCUT2D eigenvalue weighted by atomic mass is 19.1. The molecular formula is C24H32FN3O2. The van der Waals surface area contributed by atoms with Gasteiger partial charge < -0.3 is 15.1 Å².